The van der Waals surface area contributed by atoms with E-state index in [2.05, 4.69) is 11.9 Å². The summed E-state index contributed by atoms with van der Waals surface area (Å²) >= 11 is 1.66. The molecular formula is C13H18N2O3S2. The second kappa shape index (κ2) is 6.17. The predicted octanol–water partition coefficient (Wildman–Crippen LogP) is 0.807. The van der Waals surface area contributed by atoms with Crippen LogP contribution in [0.25, 0.3) is 10.2 Å². The molecule has 1 heterocycles. The van der Waals surface area contributed by atoms with E-state index >= 15 is 0 Å². The van der Waals surface area contributed by atoms with Crippen LogP contribution in [0.15, 0.2) is 24.3 Å². The highest BCUT2D eigenvalue weighted by molar-refractivity contribution is 7.85. The number of aromatic nitrogens is 1. The van der Waals surface area contributed by atoms with Crippen LogP contribution in [-0.4, -0.2) is 37.3 Å². The Labute approximate surface area is 123 Å². The van der Waals surface area contributed by atoms with Crippen LogP contribution in [0.5, 0.6) is 0 Å². The molecular weight excluding hydrogens is 296 g/mol. The molecule has 1 aromatic heterocycles. The number of nitrogens with zero attached hydrogens (tertiary/aromatic N) is 1. The van der Waals surface area contributed by atoms with Gasteiger partial charge in [0.2, 0.25) is 0 Å². The largest absolute Gasteiger partial charge is 0.748 e. The second-order valence-electron chi connectivity index (χ2n) is 4.95. The summed E-state index contributed by atoms with van der Waals surface area (Å²) in [5.41, 5.74) is 0.995. The lowest BCUT2D eigenvalue weighted by Gasteiger charge is -2.20. The minimum Gasteiger partial charge on any atom is -0.748 e. The quantitative estimate of drug-likeness (QED) is 0.801. The molecule has 0 bridgehead atoms. The van der Waals surface area contributed by atoms with E-state index in [-0.39, 0.29) is 11.8 Å². The molecule has 0 aliphatic carbocycles. The number of hydrogen-bond donors (Lipinski definition) is 1. The zero-order valence-electron chi connectivity index (χ0n) is 11.5. The average Bonchev–Trinajstić information content (AvgIpc) is 2.79. The van der Waals surface area contributed by atoms with Crippen molar-refractivity contribution in [1.29, 1.82) is 0 Å². The molecule has 2 aromatic rings. The molecule has 0 amide bonds. The number of para-hydroxylation sites is 1. The molecule has 0 spiro atoms. The molecule has 0 aliphatic heterocycles. The van der Waals surface area contributed by atoms with Crippen LogP contribution in [0.3, 0.4) is 0 Å². The van der Waals surface area contributed by atoms with Crippen molar-refractivity contribution >= 4 is 31.7 Å². The van der Waals surface area contributed by atoms with Crippen molar-refractivity contribution in [3.05, 3.63) is 29.3 Å². The van der Waals surface area contributed by atoms with Crippen LogP contribution in [-0.2, 0) is 10.1 Å². The molecule has 1 N–H and O–H groups in total. The van der Waals surface area contributed by atoms with Gasteiger partial charge in [-0.15, -0.1) is 11.3 Å². The van der Waals surface area contributed by atoms with Crippen molar-refractivity contribution in [1.82, 2.24) is 4.98 Å². The number of hydrogen-bond acceptors (Lipinski definition) is 5. The third-order valence-electron chi connectivity index (χ3n) is 3.39. The summed E-state index contributed by atoms with van der Waals surface area (Å²) in [6, 6.07) is 8.17. The fourth-order valence-electron chi connectivity index (χ4n) is 2.03. The van der Waals surface area contributed by atoms with Gasteiger partial charge in [0.15, 0.2) is 5.01 Å². The van der Waals surface area contributed by atoms with E-state index in [1.165, 1.54) is 0 Å². The molecule has 1 unspecified atom stereocenters. The Bertz CT molecular complexity index is 649. The zero-order chi connectivity index (χ0) is 14.8. The van der Waals surface area contributed by atoms with E-state index in [0.717, 1.165) is 20.1 Å². The fourth-order valence-corrected chi connectivity index (χ4v) is 3.64. The van der Waals surface area contributed by atoms with Crippen molar-refractivity contribution in [2.24, 2.45) is 0 Å². The van der Waals surface area contributed by atoms with Gasteiger partial charge in [0.25, 0.3) is 0 Å². The topological polar surface area (TPSA) is 74.5 Å². The highest BCUT2D eigenvalue weighted by Gasteiger charge is 2.19. The fraction of sp³-hybridized carbons (Fsp3) is 0.462. The summed E-state index contributed by atoms with van der Waals surface area (Å²) < 4.78 is 32.9. The van der Waals surface area contributed by atoms with Crippen molar-refractivity contribution < 1.29 is 17.9 Å². The molecule has 20 heavy (non-hydrogen) atoms. The lowest BCUT2D eigenvalue weighted by atomic mass is 10.3. The molecule has 1 aromatic carbocycles. The lowest BCUT2D eigenvalue weighted by molar-refractivity contribution is -0.910. The van der Waals surface area contributed by atoms with Crippen molar-refractivity contribution in [2.45, 2.75) is 19.4 Å². The molecule has 0 aliphatic rings. The van der Waals surface area contributed by atoms with E-state index in [4.69, 9.17) is 0 Å². The Hall–Kier alpha value is -1.02. The first-order valence-corrected chi connectivity index (χ1v) is 8.87. The molecule has 2 rings (SSSR count). The summed E-state index contributed by atoms with van der Waals surface area (Å²) in [5, 5.41) is 1.04. The van der Waals surface area contributed by atoms with E-state index in [1.807, 2.05) is 31.3 Å². The van der Waals surface area contributed by atoms with Gasteiger partial charge >= 0.3 is 0 Å². The monoisotopic (exact) mass is 314 g/mol. The van der Waals surface area contributed by atoms with Gasteiger partial charge in [0.05, 0.1) is 33.9 Å². The van der Waals surface area contributed by atoms with Gasteiger partial charge in [-0.2, -0.15) is 0 Å². The normalized spacial score (nSPS) is 15.3. The van der Waals surface area contributed by atoms with Crippen LogP contribution in [0, 0.1) is 0 Å². The number of nitrogens with one attached hydrogen (secondary N) is 1. The van der Waals surface area contributed by atoms with Crippen LogP contribution in [0.1, 0.15) is 24.4 Å². The highest BCUT2D eigenvalue weighted by atomic mass is 32.2. The highest BCUT2D eigenvalue weighted by Crippen LogP contribution is 2.24. The van der Waals surface area contributed by atoms with Crippen LogP contribution >= 0.6 is 11.3 Å². The smallest absolute Gasteiger partial charge is 0.151 e. The number of rotatable bonds is 6. The number of quaternary nitrogens is 1. The van der Waals surface area contributed by atoms with Crippen LogP contribution in [0.4, 0.5) is 0 Å². The summed E-state index contributed by atoms with van der Waals surface area (Å²) in [7, 11) is -2.11. The van der Waals surface area contributed by atoms with Gasteiger partial charge in [-0.25, -0.2) is 13.4 Å². The third kappa shape index (κ3) is 3.99. The Kier molecular flexibility index (Phi) is 4.74. The van der Waals surface area contributed by atoms with Gasteiger partial charge in [-0.05, 0) is 19.1 Å². The average molecular weight is 314 g/mol. The Morgan fingerprint density at radius 3 is 2.75 bits per heavy atom. The van der Waals surface area contributed by atoms with Crippen LogP contribution < -0.4 is 4.90 Å². The van der Waals surface area contributed by atoms with E-state index in [9.17, 15) is 13.0 Å². The third-order valence-corrected chi connectivity index (χ3v) is 5.39. The van der Waals surface area contributed by atoms with Crippen LogP contribution in [0.2, 0.25) is 0 Å². The lowest BCUT2D eigenvalue weighted by Crippen LogP contribution is -3.09. The minimum absolute atomic E-state index is 0.182. The molecule has 0 saturated heterocycles. The van der Waals surface area contributed by atoms with Crippen molar-refractivity contribution in [2.75, 3.05) is 19.3 Å². The number of fused-ring (bicyclic) bond motifs is 1. The SMILES string of the molecule is C[C@@H](c1nc2ccccc2s1)[NH+](C)CCCS(=O)(=O)[O-]. The predicted molar refractivity (Wildman–Crippen MR) is 79.0 cm³/mol. The Morgan fingerprint density at radius 1 is 1.40 bits per heavy atom. The summed E-state index contributed by atoms with van der Waals surface area (Å²) in [6.07, 6.45) is 0.382. The molecule has 0 fully saturated rings. The van der Waals surface area contributed by atoms with Gasteiger partial charge in [-0.1, -0.05) is 12.1 Å². The maximum atomic E-state index is 10.6. The first-order valence-electron chi connectivity index (χ1n) is 6.48. The van der Waals surface area contributed by atoms with Gasteiger partial charge in [0.1, 0.15) is 6.04 Å². The van der Waals surface area contributed by atoms with Gasteiger partial charge in [-0.3, -0.25) is 0 Å². The summed E-state index contributed by atoms with van der Waals surface area (Å²) in [5.74, 6) is -0.295. The second-order valence-corrected chi connectivity index (χ2v) is 7.54. The molecule has 2 atom stereocenters. The van der Waals surface area contributed by atoms with E-state index < -0.39 is 10.1 Å². The molecule has 110 valence electrons. The minimum atomic E-state index is -4.11. The van der Waals surface area contributed by atoms with Crippen molar-refractivity contribution in [3.8, 4) is 0 Å². The van der Waals surface area contributed by atoms with E-state index in [1.54, 1.807) is 11.3 Å². The zero-order valence-corrected chi connectivity index (χ0v) is 13.1. The first-order chi connectivity index (χ1) is 9.37. The molecule has 0 saturated carbocycles. The molecule has 5 nitrogen and oxygen atoms in total. The maximum Gasteiger partial charge on any atom is 0.151 e. The number of thiazole rings is 1. The van der Waals surface area contributed by atoms with E-state index in [0.29, 0.717) is 13.0 Å². The standard InChI is InChI=1S/C13H18N2O3S2/c1-10(15(2)8-5-9-20(16,17)18)13-14-11-6-3-4-7-12(11)19-13/h3-4,6-7,10H,5,8-9H2,1-2H3,(H,16,17,18)/t10-/m0/s1. The number of benzene rings is 1. The Morgan fingerprint density at radius 2 is 2.10 bits per heavy atom. The summed E-state index contributed by atoms with van der Waals surface area (Å²) in [6.45, 7) is 2.71. The summed E-state index contributed by atoms with van der Waals surface area (Å²) in [4.78, 5) is 5.77. The van der Waals surface area contributed by atoms with Gasteiger partial charge < -0.3 is 9.45 Å². The Balaban J connectivity index is 2.00. The molecule has 0 radical (unpaired) electrons. The van der Waals surface area contributed by atoms with Crippen molar-refractivity contribution in [3.63, 3.8) is 0 Å². The molecule has 7 heteroatoms. The maximum absolute atomic E-state index is 10.6. The first kappa shape index (κ1) is 15.4. The van der Waals surface area contributed by atoms with Gasteiger partial charge in [0, 0.05) is 12.2 Å².